The Morgan fingerprint density at radius 2 is 1.93 bits per heavy atom. The fourth-order valence-electron chi connectivity index (χ4n) is 3.88. The number of aromatic nitrogens is 1. The van der Waals surface area contributed by atoms with Crippen LogP contribution in [-0.2, 0) is 16.1 Å². The van der Waals surface area contributed by atoms with E-state index in [0.717, 1.165) is 35.1 Å². The Morgan fingerprint density at radius 3 is 2.59 bits per heavy atom. The topological polar surface area (TPSA) is 65.5 Å². The molecule has 2 saturated heterocycles. The highest BCUT2D eigenvalue weighted by molar-refractivity contribution is 7.98. The van der Waals surface area contributed by atoms with Crippen molar-refractivity contribution in [1.29, 1.82) is 0 Å². The summed E-state index contributed by atoms with van der Waals surface area (Å²) in [5.74, 6) is 0.602. The summed E-state index contributed by atoms with van der Waals surface area (Å²) in [5.41, 5.74) is 1.82. The molecular formula is C22H26N4O2S. The predicted octanol–water partition coefficient (Wildman–Crippen LogP) is 3.07. The average Bonchev–Trinajstić information content (AvgIpc) is 3.43. The van der Waals surface area contributed by atoms with Crippen LogP contribution in [0.2, 0.25) is 0 Å². The Balaban J connectivity index is 1.31. The summed E-state index contributed by atoms with van der Waals surface area (Å²) in [6.45, 7) is 2.99. The minimum Gasteiger partial charge on any atom is -0.357 e. The number of carbonyl (C=O) groups excluding carboxylic acids is 2. The van der Waals surface area contributed by atoms with Gasteiger partial charge in [0.15, 0.2) is 0 Å². The largest absolute Gasteiger partial charge is 0.357 e. The van der Waals surface area contributed by atoms with Crippen molar-refractivity contribution in [2.24, 2.45) is 5.92 Å². The zero-order valence-corrected chi connectivity index (χ0v) is 17.5. The molecule has 1 unspecified atom stereocenters. The first-order chi connectivity index (χ1) is 14.1. The van der Waals surface area contributed by atoms with Gasteiger partial charge in [-0.05, 0) is 55.0 Å². The van der Waals surface area contributed by atoms with Gasteiger partial charge in [-0.2, -0.15) is 0 Å². The highest BCUT2D eigenvalue weighted by atomic mass is 32.2. The smallest absolute Gasteiger partial charge is 0.227 e. The molecule has 0 aliphatic carbocycles. The van der Waals surface area contributed by atoms with Crippen LogP contribution in [0.3, 0.4) is 0 Å². The normalized spacial score (nSPS) is 19.1. The van der Waals surface area contributed by atoms with Gasteiger partial charge in [-0.1, -0.05) is 6.07 Å². The number of thioether (sulfide) groups is 1. The maximum Gasteiger partial charge on any atom is 0.227 e. The van der Waals surface area contributed by atoms with Crippen LogP contribution in [-0.4, -0.2) is 42.7 Å². The van der Waals surface area contributed by atoms with Crippen molar-refractivity contribution in [2.75, 3.05) is 35.7 Å². The molecule has 2 aliphatic heterocycles. The molecule has 4 rings (SSSR count). The molecule has 7 heteroatoms. The molecule has 0 spiro atoms. The van der Waals surface area contributed by atoms with Gasteiger partial charge in [-0.15, -0.1) is 11.8 Å². The first-order valence-electron chi connectivity index (χ1n) is 10.1. The van der Waals surface area contributed by atoms with Gasteiger partial charge in [0.25, 0.3) is 0 Å². The number of amides is 2. The van der Waals surface area contributed by atoms with Crippen LogP contribution in [0.1, 0.15) is 24.8 Å². The van der Waals surface area contributed by atoms with E-state index >= 15 is 0 Å². The number of hydrogen-bond acceptors (Lipinski definition) is 5. The van der Waals surface area contributed by atoms with Gasteiger partial charge < -0.3 is 15.1 Å². The molecule has 6 nitrogen and oxygen atoms in total. The van der Waals surface area contributed by atoms with Crippen molar-refractivity contribution >= 4 is 35.1 Å². The number of anilines is 2. The van der Waals surface area contributed by atoms with E-state index in [1.807, 2.05) is 48.9 Å². The molecule has 1 N–H and O–H groups in total. The monoisotopic (exact) mass is 410 g/mol. The van der Waals surface area contributed by atoms with Crippen molar-refractivity contribution in [3.05, 3.63) is 48.2 Å². The molecule has 29 heavy (non-hydrogen) atoms. The van der Waals surface area contributed by atoms with Crippen molar-refractivity contribution in [2.45, 2.75) is 30.7 Å². The molecule has 2 aliphatic rings. The maximum atomic E-state index is 12.6. The van der Waals surface area contributed by atoms with Gasteiger partial charge in [0, 0.05) is 49.4 Å². The summed E-state index contributed by atoms with van der Waals surface area (Å²) in [4.78, 5) is 34.7. The van der Waals surface area contributed by atoms with Crippen molar-refractivity contribution < 1.29 is 9.59 Å². The summed E-state index contributed by atoms with van der Waals surface area (Å²) >= 11 is 1.66. The number of carbonyl (C=O) groups is 2. The molecule has 1 atom stereocenters. The highest BCUT2D eigenvalue weighted by Crippen LogP contribution is 2.27. The summed E-state index contributed by atoms with van der Waals surface area (Å²) in [5, 5.41) is 2.97. The Morgan fingerprint density at radius 1 is 1.17 bits per heavy atom. The predicted molar refractivity (Wildman–Crippen MR) is 116 cm³/mol. The summed E-state index contributed by atoms with van der Waals surface area (Å²) in [7, 11) is 0. The summed E-state index contributed by atoms with van der Waals surface area (Å²) in [6.07, 6.45) is 6.54. The van der Waals surface area contributed by atoms with E-state index in [-0.39, 0.29) is 24.2 Å². The zero-order chi connectivity index (χ0) is 20.2. The third kappa shape index (κ3) is 4.56. The zero-order valence-electron chi connectivity index (χ0n) is 16.6. The second-order valence-electron chi connectivity index (χ2n) is 7.54. The SMILES string of the molecule is CSc1ccc(N2CC(C(=O)NCc3ccc(N4CCCC4)nc3)CC2=O)cc1. The number of rotatable bonds is 6. The fourth-order valence-corrected chi connectivity index (χ4v) is 4.29. The molecule has 152 valence electrons. The second kappa shape index (κ2) is 8.86. The van der Waals surface area contributed by atoms with Crippen LogP contribution in [0.25, 0.3) is 0 Å². The van der Waals surface area contributed by atoms with Crippen LogP contribution in [0.4, 0.5) is 11.5 Å². The van der Waals surface area contributed by atoms with E-state index in [2.05, 4.69) is 15.2 Å². The quantitative estimate of drug-likeness (QED) is 0.742. The molecule has 1 aromatic heterocycles. The number of hydrogen-bond donors (Lipinski definition) is 1. The summed E-state index contributed by atoms with van der Waals surface area (Å²) in [6, 6.07) is 11.9. The Bertz CT molecular complexity index is 863. The van der Waals surface area contributed by atoms with Crippen LogP contribution in [0.15, 0.2) is 47.5 Å². The van der Waals surface area contributed by atoms with Gasteiger partial charge in [0.2, 0.25) is 11.8 Å². The van der Waals surface area contributed by atoms with Gasteiger partial charge in [0.1, 0.15) is 5.82 Å². The second-order valence-corrected chi connectivity index (χ2v) is 8.42. The highest BCUT2D eigenvalue weighted by Gasteiger charge is 2.35. The van der Waals surface area contributed by atoms with Crippen LogP contribution < -0.4 is 15.1 Å². The van der Waals surface area contributed by atoms with E-state index < -0.39 is 0 Å². The van der Waals surface area contributed by atoms with Gasteiger partial charge in [0.05, 0.1) is 5.92 Å². The Labute approximate surface area is 175 Å². The molecule has 3 heterocycles. The van der Waals surface area contributed by atoms with Gasteiger partial charge in [-0.3, -0.25) is 9.59 Å². The average molecular weight is 411 g/mol. The lowest BCUT2D eigenvalue weighted by Gasteiger charge is -2.17. The number of benzene rings is 1. The lowest BCUT2D eigenvalue weighted by atomic mass is 10.1. The molecule has 0 bridgehead atoms. The molecule has 1 aromatic carbocycles. The van der Waals surface area contributed by atoms with E-state index in [4.69, 9.17) is 0 Å². The molecular weight excluding hydrogens is 384 g/mol. The minimum atomic E-state index is -0.320. The van der Waals surface area contributed by atoms with Crippen molar-refractivity contribution in [3.8, 4) is 0 Å². The molecule has 2 amide bonds. The standard InChI is InChI=1S/C22H26N4O2S/c1-29-19-7-5-18(6-8-19)26-15-17(12-21(26)27)22(28)24-14-16-4-9-20(23-13-16)25-10-2-3-11-25/h4-9,13,17H,2-3,10-12,14-15H2,1H3,(H,24,28). The third-order valence-corrected chi connectivity index (χ3v) is 6.33. The van der Waals surface area contributed by atoms with Crippen molar-refractivity contribution in [1.82, 2.24) is 10.3 Å². The van der Waals surface area contributed by atoms with E-state index in [9.17, 15) is 9.59 Å². The molecule has 0 radical (unpaired) electrons. The van der Waals surface area contributed by atoms with Crippen LogP contribution >= 0.6 is 11.8 Å². The number of nitrogens with one attached hydrogen (secondary N) is 1. The van der Waals surface area contributed by atoms with Crippen LogP contribution in [0, 0.1) is 5.92 Å². The van der Waals surface area contributed by atoms with Gasteiger partial charge >= 0.3 is 0 Å². The molecule has 2 fully saturated rings. The van der Waals surface area contributed by atoms with Crippen molar-refractivity contribution in [3.63, 3.8) is 0 Å². The van der Waals surface area contributed by atoms with E-state index in [1.165, 1.54) is 12.8 Å². The van der Waals surface area contributed by atoms with E-state index in [1.54, 1.807) is 16.7 Å². The molecule has 0 saturated carbocycles. The Kier molecular flexibility index (Phi) is 6.04. The summed E-state index contributed by atoms with van der Waals surface area (Å²) < 4.78 is 0. The first-order valence-corrected chi connectivity index (χ1v) is 11.3. The fraction of sp³-hybridized carbons (Fsp3) is 0.409. The van der Waals surface area contributed by atoms with Gasteiger partial charge in [-0.25, -0.2) is 4.98 Å². The number of pyridine rings is 1. The minimum absolute atomic E-state index is 0.00122. The lowest BCUT2D eigenvalue weighted by molar-refractivity contribution is -0.126. The van der Waals surface area contributed by atoms with Crippen LogP contribution in [0.5, 0.6) is 0 Å². The Hall–Kier alpha value is -2.54. The third-order valence-electron chi connectivity index (χ3n) is 5.59. The van der Waals surface area contributed by atoms with E-state index in [0.29, 0.717) is 13.1 Å². The molecule has 2 aromatic rings. The first kappa shape index (κ1) is 19.8. The number of nitrogens with zero attached hydrogens (tertiary/aromatic N) is 3. The maximum absolute atomic E-state index is 12.6. The lowest BCUT2D eigenvalue weighted by Crippen LogP contribution is -2.32.